The Balaban J connectivity index is 1.82. The zero-order valence-corrected chi connectivity index (χ0v) is 12.0. The van der Waals surface area contributed by atoms with E-state index in [1.165, 1.54) is 10.8 Å². The Bertz CT molecular complexity index is 698. The number of benzene rings is 1. The second-order valence-electron chi connectivity index (χ2n) is 5.80. The summed E-state index contributed by atoms with van der Waals surface area (Å²) in [6, 6.07) is 9.15. The van der Waals surface area contributed by atoms with Gasteiger partial charge in [-0.3, -0.25) is 0 Å². The molecule has 4 rings (SSSR count). The monoisotopic (exact) mass is 280 g/mol. The lowest BCUT2D eigenvalue weighted by atomic mass is 9.96. The van der Waals surface area contributed by atoms with Gasteiger partial charge >= 0.3 is 0 Å². The molecule has 1 atom stereocenters. The van der Waals surface area contributed by atoms with Crippen molar-refractivity contribution in [1.29, 1.82) is 0 Å². The summed E-state index contributed by atoms with van der Waals surface area (Å²) in [7, 11) is 0. The van der Waals surface area contributed by atoms with Gasteiger partial charge in [0, 0.05) is 11.3 Å². The molecule has 0 bridgehead atoms. The van der Waals surface area contributed by atoms with Gasteiger partial charge in [0.05, 0.1) is 6.04 Å². The molecule has 1 N–H and O–H groups in total. The first-order valence-corrected chi connectivity index (χ1v) is 7.73. The fourth-order valence-electron chi connectivity index (χ4n) is 3.42. The lowest BCUT2D eigenvalue weighted by Gasteiger charge is -2.37. The highest BCUT2D eigenvalue weighted by atomic mass is 16.7. The van der Waals surface area contributed by atoms with Gasteiger partial charge in [-0.15, -0.1) is 5.06 Å². The smallest absolute Gasteiger partial charge is 0.119 e. The molecule has 1 aliphatic carbocycles. The Kier molecular flexibility index (Phi) is 3.37. The Morgan fingerprint density at radius 2 is 1.95 bits per heavy atom. The van der Waals surface area contributed by atoms with Crippen LogP contribution in [0.5, 0.6) is 0 Å². The molecule has 1 aromatic carbocycles. The number of hydrogen-bond donors (Lipinski definition) is 1. The number of nitrogens with one attached hydrogen (secondary N) is 1. The third kappa shape index (κ3) is 2.33. The van der Waals surface area contributed by atoms with Gasteiger partial charge < -0.3 is 10.2 Å². The summed E-state index contributed by atoms with van der Waals surface area (Å²) in [4.78, 5) is 6.11. The van der Waals surface area contributed by atoms with E-state index in [0.717, 1.165) is 31.1 Å². The highest BCUT2D eigenvalue weighted by molar-refractivity contribution is 5.67. The fourth-order valence-corrected chi connectivity index (χ4v) is 3.42. The maximum absolute atomic E-state index is 6.11. The summed E-state index contributed by atoms with van der Waals surface area (Å²) in [6.07, 6.45) is 12.9. The molecule has 0 aromatic heterocycles. The molecule has 0 spiro atoms. The maximum atomic E-state index is 6.11. The van der Waals surface area contributed by atoms with Crippen molar-refractivity contribution in [1.82, 2.24) is 10.4 Å². The van der Waals surface area contributed by atoms with Crippen LogP contribution in [0.4, 0.5) is 0 Å². The molecule has 1 saturated heterocycles. The van der Waals surface area contributed by atoms with Crippen LogP contribution in [-0.4, -0.2) is 30.2 Å². The van der Waals surface area contributed by atoms with Crippen LogP contribution in [0.25, 0.3) is 11.8 Å². The van der Waals surface area contributed by atoms with E-state index < -0.39 is 0 Å². The van der Waals surface area contributed by atoms with E-state index in [1.54, 1.807) is 0 Å². The maximum Gasteiger partial charge on any atom is 0.119 e. The molecule has 2 aliphatic heterocycles. The molecule has 21 heavy (non-hydrogen) atoms. The third-order valence-corrected chi connectivity index (χ3v) is 4.51. The van der Waals surface area contributed by atoms with Crippen LogP contribution >= 0.6 is 0 Å². The Morgan fingerprint density at radius 3 is 2.86 bits per heavy atom. The van der Waals surface area contributed by atoms with E-state index in [0.29, 0.717) is 6.04 Å². The number of rotatable bonds is 1. The van der Waals surface area contributed by atoms with Gasteiger partial charge in [-0.05, 0) is 36.7 Å². The van der Waals surface area contributed by atoms with E-state index in [-0.39, 0.29) is 6.04 Å². The first-order chi connectivity index (χ1) is 10.4. The molecule has 1 unspecified atom stereocenters. The summed E-state index contributed by atoms with van der Waals surface area (Å²) in [5.41, 5.74) is 1.33. The fraction of sp³-hybridized carbons (Fsp3) is 0.333. The van der Waals surface area contributed by atoms with Crippen LogP contribution < -0.4 is 15.8 Å². The standard InChI is InChI=1S/C18H20N2O/c1-2-6-16-14(5-1)13-21-20(15-9-11-19-12-10-15)18-8-4-3-7-17(16)18/h1-8,13,15,18-19H,9-12H2. The lowest BCUT2D eigenvalue weighted by molar-refractivity contribution is -0.129. The van der Waals surface area contributed by atoms with Crippen molar-refractivity contribution < 1.29 is 4.84 Å². The average molecular weight is 280 g/mol. The summed E-state index contributed by atoms with van der Waals surface area (Å²) in [5, 5.41) is 8.06. The van der Waals surface area contributed by atoms with Crippen molar-refractivity contribution in [2.75, 3.05) is 13.1 Å². The zero-order chi connectivity index (χ0) is 14.1. The molecule has 108 valence electrons. The van der Waals surface area contributed by atoms with Crippen molar-refractivity contribution >= 4 is 11.8 Å². The van der Waals surface area contributed by atoms with E-state index >= 15 is 0 Å². The minimum atomic E-state index is 0.206. The van der Waals surface area contributed by atoms with Crippen LogP contribution in [0.2, 0.25) is 0 Å². The van der Waals surface area contributed by atoms with Gasteiger partial charge in [-0.1, -0.05) is 48.6 Å². The van der Waals surface area contributed by atoms with E-state index in [4.69, 9.17) is 4.84 Å². The predicted octanol–water partition coefficient (Wildman–Crippen LogP) is 1.07. The third-order valence-electron chi connectivity index (χ3n) is 4.51. The number of allylic oxidation sites excluding steroid dienone is 2. The summed E-state index contributed by atoms with van der Waals surface area (Å²) >= 11 is 0. The predicted molar refractivity (Wildman–Crippen MR) is 84.4 cm³/mol. The van der Waals surface area contributed by atoms with Crippen molar-refractivity contribution in [3.63, 3.8) is 0 Å². The van der Waals surface area contributed by atoms with Crippen LogP contribution in [-0.2, 0) is 4.84 Å². The Labute approximate surface area is 124 Å². The van der Waals surface area contributed by atoms with Crippen LogP contribution in [0.3, 0.4) is 0 Å². The normalized spacial score (nSPS) is 25.5. The second kappa shape index (κ2) is 5.51. The largest absolute Gasteiger partial charge is 0.412 e. The number of nitrogens with zero attached hydrogens (tertiary/aromatic N) is 1. The summed E-state index contributed by atoms with van der Waals surface area (Å²) in [6.45, 7) is 2.14. The van der Waals surface area contributed by atoms with Crippen molar-refractivity contribution in [3.8, 4) is 0 Å². The van der Waals surface area contributed by atoms with Gasteiger partial charge in [-0.2, -0.15) is 0 Å². The quantitative estimate of drug-likeness (QED) is 0.833. The summed E-state index contributed by atoms with van der Waals surface area (Å²) in [5.74, 6) is 0. The number of hydrogen-bond acceptors (Lipinski definition) is 3. The number of fused-ring (bicyclic) bond motifs is 2. The molecular formula is C18H20N2O. The van der Waals surface area contributed by atoms with Crippen molar-refractivity contribution in [3.05, 3.63) is 59.0 Å². The minimum absolute atomic E-state index is 0.206. The van der Waals surface area contributed by atoms with Gasteiger partial charge in [0.1, 0.15) is 6.26 Å². The van der Waals surface area contributed by atoms with E-state index in [1.807, 2.05) is 6.26 Å². The second-order valence-corrected chi connectivity index (χ2v) is 5.80. The first kappa shape index (κ1) is 12.9. The van der Waals surface area contributed by atoms with Gasteiger partial charge in [-0.25, -0.2) is 0 Å². The van der Waals surface area contributed by atoms with Crippen LogP contribution in [0, 0.1) is 0 Å². The molecule has 3 heteroatoms. The minimum Gasteiger partial charge on any atom is -0.412 e. The molecule has 3 nitrogen and oxygen atoms in total. The first-order valence-electron chi connectivity index (χ1n) is 7.73. The zero-order valence-electron chi connectivity index (χ0n) is 12.0. The lowest BCUT2D eigenvalue weighted by Crippen LogP contribution is -2.47. The highest BCUT2D eigenvalue weighted by Gasteiger charge is 2.31. The van der Waals surface area contributed by atoms with Crippen molar-refractivity contribution in [2.45, 2.75) is 24.9 Å². The number of hydroxylamine groups is 2. The molecule has 1 aromatic rings. The molecule has 0 saturated carbocycles. The Morgan fingerprint density at radius 1 is 1.10 bits per heavy atom. The SMILES string of the molecule is C1=CC2=c3ccccc3=CON(C3CCNCC3)C2C=C1. The number of piperidine rings is 1. The molecule has 1 fully saturated rings. The van der Waals surface area contributed by atoms with E-state index in [9.17, 15) is 0 Å². The average Bonchev–Trinajstić information content (AvgIpc) is 2.73. The molecular weight excluding hydrogens is 260 g/mol. The van der Waals surface area contributed by atoms with Gasteiger partial charge in [0.25, 0.3) is 0 Å². The van der Waals surface area contributed by atoms with Gasteiger partial charge in [0.15, 0.2) is 0 Å². The van der Waals surface area contributed by atoms with Crippen LogP contribution in [0.15, 0.2) is 48.6 Å². The van der Waals surface area contributed by atoms with Crippen LogP contribution in [0.1, 0.15) is 12.8 Å². The molecule has 0 radical (unpaired) electrons. The van der Waals surface area contributed by atoms with Crippen molar-refractivity contribution in [2.24, 2.45) is 0 Å². The molecule has 2 heterocycles. The van der Waals surface area contributed by atoms with Gasteiger partial charge in [0.2, 0.25) is 0 Å². The summed E-state index contributed by atoms with van der Waals surface area (Å²) < 4.78 is 0. The Hall–Kier alpha value is -1.84. The topological polar surface area (TPSA) is 24.5 Å². The highest BCUT2D eigenvalue weighted by Crippen LogP contribution is 2.25. The molecule has 0 amide bonds. The molecule has 3 aliphatic rings. The van der Waals surface area contributed by atoms with E-state index in [2.05, 4.69) is 58.9 Å².